The fourth-order valence-corrected chi connectivity index (χ4v) is 1.73. The quantitative estimate of drug-likeness (QED) is 0.825. The van der Waals surface area contributed by atoms with Crippen LogP contribution in [0, 0.1) is 0 Å². The fraction of sp³-hybridized carbons (Fsp3) is 0.0625. The molecular weight excluding hydrogens is 266 g/mol. The lowest BCUT2D eigenvalue weighted by molar-refractivity contribution is -0.111. The number of carbonyl (C=O) groups is 2. The molecule has 5 nitrogen and oxygen atoms in total. The van der Waals surface area contributed by atoms with Crippen molar-refractivity contribution in [1.82, 2.24) is 10.3 Å². The molecule has 1 aromatic carbocycles. The van der Waals surface area contributed by atoms with E-state index in [1.807, 2.05) is 12.1 Å². The summed E-state index contributed by atoms with van der Waals surface area (Å²) in [5.74, 6) is -0.463. The molecule has 1 heterocycles. The van der Waals surface area contributed by atoms with Gasteiger partial charge in [0.05, 0.1) is 5.56 Å². The Morgan fingerprint density at radius 1 is 1.24 bits per heavy atom. The van der Waals surface area contributed by atoms with E-state index in [4.69, 9.17) is 0 Å². The van der Waals surface area contributed by atoms with Crippen molar-refractivity contribution in [3.8, 4) is 0 Å². The average Bonchev–Trinajstić information content (AvgIpc) is 2.53. The molecular formula is C16H15N3O2. The van der Waals surface area contributed by atoms with Gasteiger partial charge in [0.25, 0.3) is 5.91 Å². The number of amides is 2. The molecule has 106 valence electrons. The van der Waals surface area contributed by atoms with Crippen LogP contribution in [0.15, 0.2) is 61.4 Å². The van der Waals surface area contributed by atoms with E-state index in [0.29, 0.717) is 17.8 Å². The standard InChI is InChI=1S/C16H15N3O2/c1-2-15(20)19-14-7-3-5-12(9-14)10-18-16(21)13-6-4-8-17-11-13/h2-9,11H,1,10H2,(H,18,21)(H,19,20). The molecule has 5 heteroatoms. The predicted octanol–water partition coefficient (Wildman–Crippen LogP) is 2.14. The third-order valence-corrected chi connectivity index (χ3v) is 2.76. The average molecular weight is 281 g/mol. The second-order valence-corrected chi connectivity index (χ2v) is 4.32. The predicted molar refractivity (Wildman–Crippen MR) is 80.7 cm³/mol. The highest BCUT2D eigenvalue weighted by Crippen LogP contribution is 2.10. The molecule has 1 aromatic heterocycles. The van der Waals surface area contributed by atoms with E-state index >= 15 is 0 Å². The van der Waals surface area contributed by atoms with Gasteiger partial charge in [-0.1, -0.05) is 18.7 Å². The minimum Gasteiger partial charge on any atom is -0.348 e. The first-order chi connectivity index (χ1) is 10.2. The highest BCUT2D eigenvalue weighted by Gasteiger charge is 2.05. The number of rotatable bonds is 5. The molecule has 2 amide bonds. The highest BCUT2D eigenvalue weighted by atomic mass is 16.2. The van der Waals surface area contributed by atoms with Crippen molar-refractivity contribution < 1.29 is 9.59 Å². The highest BCUT2D eigenvalue weighted by molar-refractivity contribution is 5.98. The molecule has 21 heavy (non-hydrogen) atoms. The van der Waals surface area contributed by atoms with Crippen molar-refractivity contribution in [2.24, 2.45) is 0 Å². The zero-order valence-electron chi connectivity index (χ0n) is 11.4. The molecule has 0 atom stereocenters. The number of hydrogen-bond acceptors (Lipinski definition) is 3. The van der Waals surface area contributed by atoms with Crippen LogP contribution in [0.25, 0.3) is 0 Å². The smallest absolute Gasteiger partial charge is 0.253 e. The largest absolute Gasteiger partial charge is 0.348 e. The lowest BCUT2D eigenvalue weighted by atomic mass is 10.2. The van der Waals surface area contributed by atoms with Crippen LogP contribution >= 0.6 is 0 Å². The number of aromatic nitrogens is 1. The van der Waals surface area contributed by atoms with Gasteiger partial charge in [-0.25, -0.2) is 0 Å². The molecule has 0 spiro atoms. The Balaban J connectivity index is 1.97. The maximum Gasteiger partial charge on any atom is 0.253 e. The summed E-state index contributed by atoms with van der Waals surface area (Å²) in [5.41, 5.74) is 2.05. The van der Waals surface area contributed by atoms with Crippen LogP contribution in [-0.2, 0) is 11.3 Å². The van der Waals surface area contributed by atoms with E-state index in [1.54, 1.807) is 30.5 Å². The van der Waals surface area contributed by atoms with Gasteiger partial charge >= 0.3 is 0 Å². The second-order valence-electron chi connectivity index (χ2n) is 4.32. The van der Waals surface area contributed by atoms with Gasteiger partial charge in [-0.2, -0.15) is 0 Å². The first-order valence-corrected chi connectivity index (χ1v) is 6.39. The van der Waals surface area contributed by atoms with Gasteiger partial charge < -0.3 is 10.6 Å². The summed E-state index contributed by atoms with van der Waals surface area (Å²) >= 11 is 0. The Morgan fingerprint density at radius 2 is 2.10 bits per heavy atom. The van der Waals surface area contributed by atoms with Crippen molar-refractivity contribution >= 4 is 17.5 Å². The molecule has 0 aliphatic heterocycles. The van der Waals surface area contributed by atoms with Crippen LogP contribution in [-0.4, -0.2) is 16.8 Å². The number of pyridine rings is 1. The summed E-state index contributed by atoms with van der Waals surface area (Å²) < 4.78 is 0. The number of anilines is 1. The molecule has 0 saturated carbocycles. The zero-order chi connectivity index (χ0) is 15.1. The lowest BCUT2D eigenvalue weighted by Crippen LogP contribution is -2.22. The van der Waals surface area contributed by atoms with Gasteiger partial charge in [0.1, 0.15) is 0 Å². The topological polar surface area (TPSA) is 71.1 Å². The van der Waals surface area contributed by atoms with Gasteiger partial charge in [0, 0.05) is 24.6 Å². The van der Waals surface area contributed by atoms with E-state index in [9.17, 15) is 9.59 Å². The number of hydrogen-bond donors (Lipinski definition) is 2. The van der Waals surface area contributed by atoms with E-state index in [-0.39, 0.29) is 11.8 Å². The van der Waals surface area contributed by atoms with E-state index in [0.717, 1.165) is 5.56 Å². The van der Waals surface area contributed by atoms with Crippen LogP contribution in [0.5, 0.6) is 0 Å². The summed E-state index contributed by atoms with van der Waals surface area (Å²) in [7, 11) is 0. The van der Waals surface area contributed by atoms with Gasteiger partial charge in [-0.05, 0) is 35.9 Å². The van der Waals surface area contributed by atoms with E-state index < -0.39 is 0 Å². The summed E-state index contributed by atoms with van der Waals surface area (Å²) in [6.45, 7) is 3.76. The van der Waals surface area contributed by atoms with Crippen LogP contribution in [0.1, 0.15) is 15.9 Å². The molecule has 0 bridgehead atoms. The molecule has 0 fully saturated rings. The van der Waals surface area contributed by atoms with Crippen molar-refractivity contribution in [1.29, 1.82) is 0 Å². The Labute approximate surface area is 122 Å². The van der Waals surface area contributed by atoms with Crippen LogP contribution in [0.2, 0.25) is 0 Å². The maximum absolute atomic E-state index is 11.9. The molecule has 2 N–H and O–H groups in total. The monoisotopic (exact) mass is 281 g/mol. The summed E-state index contributed by atoms with van der Waals surface area (Å²) in [6, 6.07) is 10.7. The number of benzene rings is 1. The molecule has 0 radical (unpaired) electrons. The molecule has 0 unspecified atom stereocenters. The number of carbonyl (C=O) groups excluding carboxylic acids is 2. The Hall–Kier alpha value is -2.95. The van der Waals surface area contributed by atoms with Crippen LogP contribution in [0.4, 0.5) is 5.69 Å². The number of nitrogens with one attached hydrogen (secondary N) is 2. The second kappa shape index (κ2) is 7.00. The lowest BCUT2D eigenvalue weighted by Gasteiger charge is -2.07. The third-order valence-electron chi connectivity index (χ3n) is 2.76. The van der Waals surface area contributed by atoms with Crippen molar-refractivity contribution in [2.45, 2.75) is 6.54 Å². The Kier molecular flexibility index (Phi) is 4.82. The first-order valence-electron chi connectivity index (χ1n) is 6.39. The minimum atomic E-state index is -0.272. The molecule has 0 aliphatic carbocycles. The molecule has 2 aromatic rings. The summed E-state index contributed by atoms with van der Waals surface area (Å²) in [5, 5.41) is 5.47. The van der Waals surface area contributed by atoms with Crippen molar-refractivity contribution in [3.05, 3.63) is 72.6 Å². The Morgan fingerprint density at radius 3 is 2.81 bits per heavy atom. The summed E-state index contributed by atoms with van der Waals surface area (Å²) in [4.78, 5) is 27.0. The Bertz CT molecular complexity index is 654. The van der Waals surface area contributed by atoms with E-state index in [2.05, 4.69) is 22.2 Å². The van der Waals surface area contributed by atoms with Gasteiger partial charge in [-0.15, -0.1) is 0 Å². The van der Waals surface area contributed by atoms with Crippen molar-refractivity contribution in [2.75, 3.05) is 5.32 Å². The first kappa shape index (κ1) is 14.5. The molecule has 0 aliphatic rings. The molecule has 2 rings (SSSR count). The van der Waals surface area contributed by atoms with Crippen LogP contribution in [0.3, 0.4) is 0 Å². The number of nitrogens with zero attached hydrogens (tertiary/aromatic N) is 1. The third kappa shape index (κ3) is 4.28. The fourth-order valence-electron chi connectivity index (χ4n) is 1.73. The zero-order valence-corrected chi connectivity index (χ0v) is 11.4. The maximum atomic E-state index is 11.9. The van der Waals surface area contributed by atoms with Gasteiger partial charge in [-0.3, -0.25) is 14.6 Å². The van der Waals surface area contributed by atoms with Gasteiger partial charge in [0.2, 0.25) is 5.91 Å². The summed E-state index contributed by atoms with van der Waals surface area (Å²) in [6.07, 6.45) is 4.33. The SMILES string of the molecule is C=CC(=O)Nc1cccc(CNC(=O)c2cccnc2)c1. The van der Waals surface area contributed by atoms with Crippen molar-refractivity contribution in [3.63, 3.8) is 0 Å². The molecule has 0 saturated heterocycles. The van der Waals surface area contributed by atoms with Crippen LogP contribution < -0.4 is 10.6 Å². The normalized spacial score (nSPS) is 9.71. The van der Waals surface area contributed by atoms with E-state index in [1.165, 1.54) is 12.3 Å². The van der Waals surface area contributed by atoms with Gasteiger partial charge in [0.15, 0.2) is 0 Å². The minimum absolute atomic E-state index is 0.191.